The Morgan fingerprint density at radius 3 is 1.67 bits per heavy atom. The van der Waals surface area contributed by atoms with Crippen molar-refractivity contribution in [2.24, 2.45) is 5.92 Å². The minimum Gasteiger partial charge on any atom is -0.310 e. The zero-order chi connectivity index (χ0) is 38.1. The van der Waals surface area contributed by atoms with Gasteiger partial charge in [-0.25, -0.2) is 0 Å². The lowest BCUT2D eigenvalue weighted by Crippen LogP contribution is -2.12. The molecule has 0 saturated heterocycles. The summed E-state index contributed by atoms with van der Waals surface area (Å²) in [5.41, 5.74) is 16.5. The third-order valence-corrected chi connectivity index (χ3v) is 11.3. The number of anilines is 3. The van der Waals surface area contributed by atoms with Crippen molar-refractivity contribution in [1.29, 1.82) is 0 Å². The summed E-state index contributed by atoms with van der Waals surface area (Å²) < 4.78 is 2.48. The molecule has 10 rings (SSSR count). The standard InChI is InChI=1S/C55H42N2/c1-39-19-17-27-45(35-39)57-53-34-16-13-31-49(53)55-50(37-44(38-54(55)57)40-20-5-2-6-21-40)43-26-18-28-46(36-43)56(51-32-14-11-29-47(51)41-22-7-3-8-23-41)52-33-15-12-30-48(52)42-24-9-4-10-25-42/h2-18,20-39H,19H2,1H3. The van der Waals surface area contributed by atoms with Crippen molar-refractivity contribution < 1.29 is 0 Å². The first kappa shape index (κ1) is 34.3. The second kappa shape index (κ2) is 14.8. The first-order valence-corrected chi connectivity index (χ1v) is 19.9. The Balaban J connectivity index is 1.25. The van der Waals surface area contributed by atoms with E-state index in [0.717, 1.165) is 23.5 Å². The number of rotatable bonds is 8. The van der Waals surface area contributed by atoms with Crippen molar-refractivity contribution in [2.75, 3.05) is 4.90 Å². The molecule has 57 heavy (non-hydrogen) atoms. The van der Waals surface area contributed by atoms with E-state index in [0.29, 0.717) is 5.92 Å². The van der Waals surface area contributed by atoms with Crippen LogP contribution in [0.1, 0.15) is 13.3 Å². The maximum Gasteiger partial charge on any atom is 0.0553 e. The summed E-state index contributed by atoms with van der Waals surface area (Å²) in [5, 5.41) is 2.51. The molecule has 2 nitrogen and oxygen atoms in total. The normalized spacial score (nSPS) is 13.8. The molecule has 8 aromatic carbocycles. The summed E-state index contributed by atoms with van der Waals surface area (Å²) in [6.07, 6.45) is 8.10. The molecule has 0 fully saturated rings. The Morgan fingerprint density at radius 1 is 0.456 bits per heavy atom. The zero-order valence-electron chi connectivity index (χ0n) is 32.0. The van der Waals surface area contributed by atoms with Gasteiger partial charge in [-0.05, 0) is 94.3 Å². The average Bonchev–Trinajstić information content (AvgIpc) is 3.62. The lowest BCUT2D eigenvalue weighted by Gasteiger charge is -2.30. The maximum absolute atomic E-state index is 2.48. The van der Waals surface area contributed by atoms with Crippen LogP contribution in [-0.4, -0.2) is 4.57 Å². The highest BCUT2D eigenvalue weighted by molar-refractivity contribution is 6.18. The molecule has 9 aromatic rings. The Hall–Kier alpha value is -7.16. The number of fused-ring (bicyclic) bond motifs is 3. The van der Waals surface area contributed by atoms with Gasteiger partial charge >= 0.3 is 0 Å². The fourth-order valence-electron chi connectivity index (χ4n) is 8.65. The molecule has 0 bridgehead atoms. The lowest BCUT2D eigenvalue weighted by molar-refractivity contribution is 0.735. The molecule has 0 amide bonds. The van der Waals surface area contributed by atoms with Gasteiger partial charge in [0.1, 0.15) is 0 Å². The van der Waals surface area contributed by atoms with Gasteiger partial charge in [0.2, 0.25) is 0 Å². The van der Waals surface area contributed by atoms with Gasteiger partial charge in [0.05, 0.1) is 22.4 Å². The molecule has 0 radical (unpaired) electrons. The molecule has 1 aliphatic rings. The summed E-state index contributed by atoms with van der Waals surface area (Å²) >= 11 is 0. The molecule has 0 saturated carbocycles. The van der Waals surface area contributed by atoms with Crippen LogP contribution < -0.4 is 4.90 Å². The van der Waals surface area contributed by atoms with Gasteiger partial charge in [-0.1, -0.05) is 177 Å². The summed E-state index contributed by atoms with van der Waals surface area (Å²) in [6.45, 7) is 2.31. The highest BCUT2D eigenvalue weighted by atomic mass is 15.1. The minimum absolute atomic E-state index is 0.471. The van der Waals surface area contributed by atoms with Gasteiger partial charge in [0, 0.05) is 33.3 Å². The van der Waals surface area contributed by atoms with Crippen molar-refractivity contribution in [3.05, 3.63) is 218 Å². The van der Waals surface area contributed by atoms with Crippen molar-refractivity contribution in [3.63, 3.8) is 0 Å². The Labute approximate surface area is 334 Å². The van der Waals surface area contributed by atoms with E-state index < -0.39 is 0 Å². The van der Waals surface area contributed by atoms with Gasteiger partial charge in [0.15, 0.2) is 0 Å². The summed E-state index contributed by atoms with van der Waals surface area (Å²) in [7, 11) is 0. The first-order chi connectivity index (χ1) is 28.2. The van der Waals surface area contributed by atoms with Crippen LogP contribution in [-0.2, 0) is 0 Å². The molecular formula is C55H42N2. The van der Waals surface area contributed by atoms with Crippen LogP contribution in [0.3, 0.4) is 0 Å². The molecule has 2 heteroatoms. The van der Waals surface area contributed by atoms with Crippen LogP contribution in [0, 0.1) is 5.92 Å². The van der Waals surface area contributed by atoms with E-state index in [9.17, 15) is 0 Å². The molecule has 1 heterocycles. The predicted molar refractivity (Wildman–Crippen MR) is 243 cm³/mol. The largest absolute Gasteiger partial charge is 0.310 e. The molecule has 0 N–H and O–H groups in total. The first-order valence-electron chi connectivity index (χ1n) is 19.9. The summed E-state index contributed by atoms with van der Waals surface area (Å²) in [4.78, 5) is 2.45. The van der Waals surface area contributed by atoms with E-state index >= 15 is 0 Å². The Morgan fingerprint density at radius 2 is 1.02 bits per heavy atom. The quantitative estimate of drug-likeness (QED) is 0.151. The van der Waals surface area contributed by atoms with Crippen LogP contribution in [0.2, 0.25) is 0 Å². The third-order valence-electron chi connectivity index (χ3n) is 11.3. The highest BCUT2D eigenvalue weighted by Crippen LogP contribution is 2.47. The number of allylic oxidation sites excluding steroid dienone is 4. The number of nitrogens with zero attached hydrogens (tertiary/aromatic N) is 2. The molecular weight excluding hydrogens is 689 g/mol. The monoisotopic (exact) mass is 730 g/mol. The summed E-state index contributed by atoms with van der Waals surface area (Å²) in [6, 6.07) is 72.7. The SMILES string of the molecule is CC1C=C(n2c3ccccc3c3c(-c4cccc(N(c5ccccc5-c5ccccc5)c5ccccc5-c5ccccc5)c4)cc(-c4ccccc4)cc32)C=CC1. The van der Waals surface area contributed by atoms with Crippen LogP contribution in [0.25, 0.3) is 72.0 Å². The molecule has 0 aliphatic heterocycles. The van der Waals surface area contributed by atoms with Gasteiger partial charge in [-0.15, -0.1) is 0 Å². The second-order valence-electron chi connectivity index (χ2n) is 15.0. The van der Waals surface area contributed by atoms with Crippen LogP contribution in [0.15, 0.2) is 218 Å². The van der Waals surface area contributed by atoms with Crippen LogP contribution >= 0.6 is 0 Å². The number of hydrogen-bond acceptors (Lipinski definition) is 1. The van der Waals surface area contributed by atoms with Gasteiger partial charge in [-0.2, -0.15) is 0 Å². The Bertz CT molecular complexity index is 2850. The van der Waals surface area contributed by atoms with Crippen molar-refractivity contribution in [3.8, 4) is 44.5 Å². The summed E-state index contributed by atoms with van der Waals surface area (Å²) in [5.74, 6) is 0.471. The molecule has 1 aromatic heterocycles. The fourth-order valence-corrected chi connectivity index (χ4v) is 8.65. The highest BCUT2D eigenvalue weighted by Gasteiger charge is 2.23. The van der Waals surface area contributed by atoms with Gasteiger partial charge in [0.25, 0.3) is 0 Å². The van der Waals surface area contributed by atoms with Gasteiger partial charge in [-0.3, -0.25) is 0 Å². The molecule has 1 aliphatic carbocycles. The maximum atomic E-state index is 2.48. The second-order valence-corrected chi connectivity index (χ2v) is 15.0. The topological polar surface area (TPSA) is 8.17 Å². The van der Waals surface area contributed by atoms with Crippen molar-refractivity contribution in [1.82, 2.24) is 4.57 Å². The minimum atomic E-state index is 0.471. The number of para-hydroxylation sites is 3. The third kappa shape index (κ3) is 6.36. The van der Waals surface area contributed by atoms with E-state index in [4.69, 9.17) is 0 Å². The molecule has 0 spiro atoms. The van der Waals surface area contributed by atoms with E-state index in [1.54, 1.807) is 0 Å². The van der Waals surface area contributed by atoms with Crippen molar-refractivity contribution >= 4 is 44.6 Å². The predicted octanol–water partition coefficient (Wildman–Crippen LogP) is 15.4. The zero-order valence-corrected chi connectivity index (χ0v) is 32.0. The van der Waals surface area contributed by atoms with E-state index in [-0.39, 0.29) is 0 Å². The molecule has 1 unspecified atom stereocenters. The smallest absolute Gasteiger partial charge is 0.0553 e. The number of aromatic nitrogens is 1. The van der Waals surface area contributed by atoms with E-state index in [2.05, 4.69) is 235 Å². The molecule has 272 valence electrons. The van der Waals surface area contributed by atoms with Crippen LogP contribution in [0.5, 0.6) is 0 Å². The average molecular weight is 731 g/mol. The number of hydrogen-bond donors (Lipinski definition) is 0. The lowest BCUT2D eigenvalue weighted by atomic mass is 9.93. The van der Waals surface area contributed by atoms with Crippen molar-refractivity contribution in [2.45, 2.75) is 13.3 Å². The fraction of sp³-hybridized carbons (Fsp3) is 0.0545. The molecule has 1 atom stereocenters. The Kier molecular flexibility index (Phi) is 8.93. The number of benzene rings is 8. The van der Waals surface area contributed by atoms with Gasteiger partial charge < -0.3 is 9.47 Å². The van der Waals surface area contributed by atoms with E-state index in [1.165, 1.54) is 72.0 Å². The van der Waals surface area contributed by atoms with Crippen LogP contribution in [0.4, 0.5) is 17.1 Å². The van der Waals surface area contributed by atoms with E-state index in [1.807, 2.05) is 0 Å².